The van der Waals surface area contributed by atoms with Gasteiger partial charge in [0, 0.05) is 29.1 Å². The molecular formula is C16H15BrNO3S-. The first-order valence-corrected chi connectivity index (χ1v) is 8.87. The lowest BCUT2D eigenvalue weighted by molar-refractivity contribution is 0.102. The zero-order chi connectivity index (χ0) is 15.9. The molecule has 0 spiro atoms. The molecule has 0 aliphatic heterocycles. The van der Waals surface area contributed by atoms with Gasteiger partial charge in [-0.3, -0.25) is 9.00 Å². The van der Waals surface area contributed by atoms with E-state index < -0.39 is 11.3 Å². The molecule has 0 aliphatic rings. The van der Waals surface area contributed by atoms with Crippen LogP contribution in [0, 0.1) is 0 Å². The van der Waals surface area contributed by atoms with E-state index in [-0.39, 0.29) is 11.1 Å². The topological polar surface area (TPSA) is 60.4 Å². The summed E-state index contributed by atoms with van der Waals surface area (Å²) >= 11 is 0.756. The second-order valence-electron chi connectivity index (χ2n) is 4.66. The number of ketones is 1. The van der Waals surface area contributed by atoms with Crippen LogP contribution in [0.25, 0.3) is 0 Å². The van der Waals surface area contributed by atoms with Crippen molar-refractivity contribution in [3.05, 3.63) is 65.7 Å². The molecule has 4 nitrogen and oxygen atoms in total. The van der Waals surface area contributed by atoms with Crippen molar-refractivity contribution < 1.29 is 13.6 Å². The van der Waals surface area contributed by atoms with Gasteiger partial charge in [0.2, 0.25) is 0 Å². The third-order valence-electron chi connectivity index (χ3n) is 3.22. The van der Waals surface area contributed by atoms with Crippen LogP contribution in [-0.4, -0.2) is 26.4 Å². The van der Waals surface area contributed by atoms with E-state index in [1.807, 2.05) is 30.3 Å². The van der Waals surface area contributed by atoms with Gasteiger partial charge in [0.15, 0.2) is 5.78 Å². The lowest BCUT2D eigenvalue weighted by Gasteiger charge is -2.26. The summed E-state index contributed by atoms with van der Waals surface area (Å²) in [5, 5.41) is 0.248. The van der Waals surface area contributed by atoms with Gasteiger partial charge < -0.3 is 8.86 Å². The summed E-state index contributed by atoms with van der Waals surface area (Å²) in [7, 11) is 0. The van der Waals surface area contributed by atoms with Crippen molar-refractivity contribution in [2.24, 2.45) is 0 Å². The van der Waals surface area contributed by atoms with E-state index in [1.54, 1.807) is 24.3 Å². The molecule has 6 heteroatoms. The first-order valence-electron chi connectivity index (χ1n) is 6.72. The Morgan fingerprint density at radius 2 is 1.73 bits per heavy atom. The van der Waals surface area contributed by atoms with Gasteiger partial charge in [-0.2, -0.15) is 0 Å². The lowest BCUT2D eigenvalue weighted by Crippen LogP contribution is -2.27. The van der Waals surface area contributed by atoms with Crippen molar-refractivity contribution in [1.29, 1.82) is 0 Å². The standard InChI is InChI=1S/C16H16BrNO3S/c17-12-16(19)14-6-8-15(9-7-14)18(22(20)21)11-10-13-4-2-1-3-5-13/h1-9H,10-12H2,(H,20,21)/p-1. The minimum absolute atomic E-state index is 0.0365. The maximum Gasteiger partial charge on any atom is 0.173 e. The average Bonchev–Trinajstić information content (AvgIpc) is 2.55. The van der Waals surface area contributed by atoms with E-state index in [2.05, 4.69) is 15.9 Å². The van der Waals surface area contributed by atoms with Crippen LogP contribution in [0.1, 0.15) is 15.9 Å². The summed E-state index contributed by atoms with van der Waals surface area (Å²) in [6, 6.07) is 16.3. The highest BCUT2D eigenvalue weighted by Crippen LogP contribution is 2.18. The molecule has 0 N–H and O–H groups in total. The second kappa shape index (κ2) is 8.22. The molecule has 2 aromatic rings. The molecule has 0 aromatic heterocycles. The Balaban J connectivity index is 2.11. The molecule has 1 atom stereocenters. The summed E-state index contributed by atoms with van der Waals surface area (Å²) in [5.74, 6) is -0.0365. The van der Waals surface area contributed by atoms with Crippen molar-refractivity contribution in [1.82, 2.24) is 0 Å². The summed E-state index contributed by atoms with van der Waals surface area (Å²) in [5.41, 5.74) is 2.18. The highest BCUT2D eigenvalue weighted by atomic mass is 79.9. The second-order valence-corrected chi connectivity index (χ2v) is 6.09. The summed E-state index contributed by atoms with van der Waals surface area (Å²) < 4.78 is 24.2. The highest BCUT2D eigenvalue weighted by Gasteiger charge is 2.09. The van der Waals surface area contributed by atoms with Crippen LogP contribution >= 0.6 is 15.9 Å². The monoisotopic (exact) mass is 380 g/mol. The molecule has 116 valence electrons. The van der Waals surface area contributed by atoms with Gasteiger partial charge in [-0.25, -0.2) is 0 Å². The zero-order valence-corrected chi connectivity index (χ0v) is 14.2. The molecule has 0 aliphatic carbocycles. The molecule has 0 amide bonds. The fraction of sp³-hybridized carbons (Fsp3) is 0.188. The predicted octanol–water partition coefficient (Wildman–Crippen LogP) is 3.11. The first-order chi connectivity index (χ1) is 10.6. The molecule has 0 fully saturated rings. The van der Waals surface area contributed by atoms with E-state index in [0.717, 1.165) is 5.56 Å². The largest absolute Gasteiger partial charge is 0.755 e. The molecule has 0 saturated carbocycles. The Bertz CT molecular complexity index is 646. The number of nitrogens with zero attached hydrogens (tertiary/aromatic N) is 1. The van der Waals surface area contributed by atoms with Gasteiger partial charge in [0.25, 0.3) is 0 Å². The number of carbonyl (C=O) groups is 1. The molecule has 1 unspecified atom stereocenters. The Morgan fingerprint density at radius 1 is 1.09 bits per heavy atom. The maximum atomic E-state index is 11.6. The molecule has 0 saturated heterocycles. The number of halogens is 1. The van der Waals surface area contributed by atoms with Crippen molar-refractivity contribution in [2.45, 2.75) is 6.42 Å². The number of rotatable bonds is 7. The van der Waals surface area contributed by atoms with Crippen LogP contribution in [0.5, 0.6) is 0 Å². The van der Waals surface area contributed by atoms with Crippen LogP contribution in [0.2, 0.25) is 0 Å². The SMILES string of the molecule is O=C(CBr)c1ccc(N(CCc2ccccc2)S(=O)[O-])cc1. The van der Waals surface area contributed by atoms with Crippen LogP contribution < -0.4 is 4.31 Å². The Morgan fingerprint density at radius 3 is 2.27 bits per heavy atom. The predicted molar refractivity (Wildman–Crippen MR) is 91.0 cm³/mol. The van der Waals surface area contributed by atoms with Gasteiger partial charge in [-0.15, -0.1) is 0 Å². The van der Waals surface area contributed by atoms with E-state index in [9.17, 15) is 13.6 Å². The number of hydrogen-bond donors (Lipinski definition) is 0. The minimum Gasteiger partial charge on any atom is -0.755 e. The zero-order valence-electron chi connectivity index (χ0n) is 11.8. The fourth-order valence-corrected chi connectivity index (χ4v) is 2.91. The van der Waals surface area contributed by atoms with Gasteiger partial charge in [-0.05, 0) is 36.2 Å². The van der Waals surface area contributed by atoms with Gasteiger partial charge in [0.05, 0.1) is 5.33 Å². The van der Waals surface area contributed by atoms with E-state index in [4.69, 9.17) is 0 Å². The molecule has 22 heavy (non-hydrogen) atoms. The lowest BCUT2D eigenvalue weighted by atomic mass is 10.1. The summed E-state index contributed by atoms with van der Waals surface area (Å²) in [6.07, 6.45) is 0.622. The van der Waals surface area contributed by atoms with Gasteiger partial charge >= 0.3 is 0 Å². The number of carbonyl (C=O) groups excluding carboxylic acids is 1. The third kappa shape index (κ3) is 4.50. The molecule has 0 heterocycles. The van der Waals surface area contributed by atoms with Crippen LogP contribution in [0.3, 0.4) is 0 Å². The van der Waals surface area contributed by atoms with E-state index in [0.29, 0.717) is 24.2 Å². The molecule has 0 radical (unpaired) electrons. The third-order valence-corrected chi connectivity index (χ3v) is 4.49. The number of Topliss-reactive ketones (excluding diaryl/α,β-unsaturated/α-hetero) is 1. The highest BCUT2D eigenvalue weighted by molar-refractivity contribution is 9.09. The van der Waals surface area contributed by atoms with E-state index in [1.165, 1.54) is 4.31 Å². The molecule has 2 rings (SSSR count). The van der Waals surface area contributed by atoms with Gasteiger partial charge in [0.1, 0.15) is 0 Å². The van der Waals surface area contributed by atoms with Crippen molar-refractivity contribution >= 4 is 38.7 Å². The Kier molecular flexibility index (Phi) is 6.30. The quantitative estimate of drug-likeness (QED) is 0.421. The van der Waals surface area contributed by atoms with Crippen molar-refractivity contribution in [2.75, 3.05) is 16.2 Å². The number of anilines is 1. The Hall–Kier alpha value is -1.50. The molecule has 2 aromatic carbocycles. The van der Waals surface area contributed by atoms with Crippen LogP contribution in [-0.2, 0) is 17.7 Å². The van der Waals surface area contributed by atoms with Gasteiger partial charge in [-0.1, -0.05) is 46.3 Å². The van der Waals surface area contributed by atoms with Crippen LogP contribution in [0.4, 0.5) is 5.69 Å². The first kappa shape index (κ1) is 16.9. The summed E-state index contributed by atoms with van der Waals surface area (Å²) in [4.78, 5) is 11.6. The fourth-order valence-electron chi connectivity index (χ4n) is 2.06. The smallest absolute Gasteiger partial charge is 0.173 e. The number of hydrogen-bond acceptors (Lipinski definition) is 3. The number of alkyl halides is 1. The van der Waals surface area contributed by atoms with Crippen LogP contribution in [0.15, 0.2) is 54.6 Å². The van der Waals surface area contributed by atoms with E-state index >= 15 is 0 Å². The Labute approximate surface area is 140 Å². The minimum atomic E-state index is -2.36. The number of benzene rings is 2. The average molecular weight is 381 g/mol. The normalized spacial score (nSPS) is 11.9. The summed E-state index contributed by atoms with van der Waals surface area (Å²) in [6.45, 7) is 0.353. The molecular weight excluding hydrogens is 366 g/mol. The maximum absolute atomic E-state index is 11.6. The van der Waals surface area contributed by atoms with Crippen molar-refractivity contribution in [3.8, 4) is 0 Å². The van der Waals surface area contributed by atoms with Crippen molar-refractivity contribution in [3.63, 3.8) is 0 Å². The molecule has 0 bridgehead atoms.